The Bertz CT molecular complexity index is 405. The summed E-state index contributed by atoms with van der Waals surface area (Å²) in [6.45, 7) is 1.44. The van der Waals surface area contributed by atoms with Crippen LogP contribution in [0.25, 0.3) is 0 Å². The third kappa shape index (κ3) is 2.80. The third-order valence-corrected chi connectivity index (χ3v) is 3.05. The van der Waals surface area contributed by atoms with Crippen molar-refractivity contribution in [2.24, 2.45) is 0 Å². The number of aliphatic hydroxyl groups excluding tert-OH is 1. The van der Waals surface area contributed by atoms with Crippen molar-refractivity contribution in [2.75, 3.05) is 38.7 Å². The quantitative estimate of drug-likeness (QED) is 0.823. The smallest absolute Gasteiger partial charge is 0.254 e. The first-order chi connectivity index (χ1) is 8.74. The lowest BCUT2D eigenvalue weighted by Crippen LogP contribution is -2.46. The lowest BCUT2D eigenvalue weighted by atomic mass is 10.1. The van der Waals surface area contributed by atoms with E-state index in [0.29, 0.717) is 25.3 Å². The number of ether oxygens (including phenoxy) is 1. The lowest BCUT2D eigenvalue weighted by molar-refractivity contribution is -0.0447. The van der Waals surface area contributed by atoms with E-state index in [1.165, 1.54) is 0 Å². The molecule has 1 aromatic carbocycles. The predicted molar refractivity (Wildman–Crippen MR) is 68.7 cm³/mol. The Kier molecular flexibility index (Phi) is 4.17. The van der Waals surface area contributed by atoms with Crippen molar-refractivity contribution in [1.82, 2.24) is 4.90 Å². The molecule has 0 bridgehead atoms. The van der Waals surface area contributed by atoms with Crippen molar-refractivity contribution in [3.63, 3.8) is 0 Å². The molecule has 5 nitrogen and oxygen atoms in total. The van der Waals surface area contributed by atoms with Gasteiger partial charge in [0.15, 0.2) is 0 Å². The maximum absolute atomic E-state index is 12.2. The molecule has 1 aliphatic rings. The Morgan fingerprint density at radius 2 is 2.22 bits per heavy atom. The monoisotopic (exact) mass is 250 g/mol. The highest BCUT2D eigenvalue weighted by molar-refractivity contribution is 5.94. The van der Waals surface area contributed by atoms with Gasteiger partial charge in [0.1, 0.15) is 0 Å². The maximum atomic E-state index is 12.2. The Morgan fingerprint density at radius 3 is 2.83 bits per heavy atom. The number of carbonyl (C=O) groups excluding carboxylic acids is 1. The first-order valence-electron chi connectivity index (χ1n) is 6.04. The zero-order chi connectivity index (χ0) is 13.0. The molecule has 1 amide bonds. The molecule has 1 heterocycles. The highest BCUT2D eigenvalue weighted by atomic mass is 16.5. The van der Waals surface area contributed by atoms with Crippen molar-refractivity contribution in [3.8, 4) is 0 Å². The number of nitrogens with zero attached hydrogens (tertiary/aromatic N) is 1. The van der Waals surface area contributed by atoms with Crippen LogP contribution in [0.1, 0.15) is 10.4 Å². The first-order valence-corrected chi connectivity index (χ1v) is 6.04. The van der Waals surface area contributed by atoms with Crippen LogP contribution < -0.4 is 5.32 Å². The van der Waals surface area contributed by atoms with Crippen LogP contribution >= 0.6 is 0 Å². The molecule has 18 heavy (non-hydrogen) atoms. The Labute approximate surface area is 106 Å². The fourth-order valence-electron chi connectivity index (χ4n) is 1.98. The summed E-state index contributed by atoms with van der Waals surface area (Å²) in [6, 6.07) is 7.35. The van der Waals surface area contributed by atoms with Crippen LogP contribution in [0.5, 0.6) is 0 Å². The van der Waals surface area contributed by atoms with Gasteiger partial charge in [0.05, 0.1) is 19.3 Å². The van der Waals surface area contributed by atoms with Gasteiger partial charge in [0.2, 0.25) is 0 Å². The van der Waals surface area contributed by atoms with Crippen LogP contribution in [0.15, 0.2) is 24.3 Å². The number of hydrogen-bond acceptors (Lipinski definition) is 4. The molecule has 1 unspecified atom stereocenters. The zero-order valence-electron chi connectivity index (χ0n) is 10.4. The number of aliphatic hydroxyl groups is 1. The Morgan fingerprint density at radius 1 is 1.50 bits per heavy atom. The number of nitrogens with one attached hydrogen (secondary N) is 1. The summed E-state index contributed by atoms with van der Waals surface area (Å²) in [5.74, 6) is -0.0144. The van der Waals surface area contributed by atoms with E-state index < -0.39 is 0 Å². The summed E-state index contributed by atoms with van der Waals surface area (Å²) >= 11 is 0. The van der Waals surface area contributed by atoms with Crippen molar-refractivity contribution in [3.05, 3.63) is 29.8 Å². The highest BCUT2D eigenvalue weighted by Gasteiger charge is 2.24. The van der Waals surface area contributed by atoms with E-state index in [0.717, 1.165) is 5.69 Å². The molecule has 2 N–H and O–H groups in total. The van der Waals surface area contributed by atoms with Gasteiger partial charge in [-0.25, -0.2) is 0 Å². The number of hydrogen-bond donors (Lipinski definition) is 2. The summed E-state index contributed by atoms with van der Waals surface area (Å²) < 4.78 is 5.33. The van der Waals surface area contributed by atoms with E-state index in [9.17, 15) is 4.79 Å². The third-order valence-electron chi connectivity index (χ3n) is 3.05. The molecule has 0 spiro atoms. The number of amides is 1. The molecular formula is C13H18N2O3. The standard InChI is InChI=1S/C13H18N2O3/c1-14-11-4-2-10(3-5-11)13(17)15-6-7-18-12(8-15)9-16/h2-5,12,14,16H,6-9H2,1H3. The predicted octanol–water partition coefficient (Wildman–Crippen LogP) is 0.562. The van der Waals surface area contributed by atoms with Gasteiger partial charge in [0.25, 0.3) is 5.91 Å². The first kappa shape index (κ1) is 12.9. The molecule has 0 aromatic heterocycles. The highest BCUT2D eigenvalue weighted by Crippen LogP contribution is 2.13. The lowest BCUT2D eigenvalue weighted by Gasteiger charge is -2.32. The van der Waals surface area contributed by atoms with Crippen molar-refractivity contribution in [2.45, 2.75) is 6.10 Å². The van der Waals surface area contributed by atoms with E-state index in [-0.39, 0.29) is 18.6 Å². The summed E-state index contributed by atoms with van der Waals surface area (Å²) in [7, 11) is 1.84. The normalized spacial score (nSPS) is 19.7. The molecule has 98 valence electrons. The van der Waals surface area contributed by atoms with Crippen molar-refractivity contribution < 1.29 is 14.6 Å². The molecule has 1 atom stereocenters. The SMILES string of the molecule is CNc1ccc(C(=O)N2CCOC(CO)C2)cc1. The maximum Gasteiger partial charge on any atom is 0.254 e. The van der Waals surface area contributed by atoms with Gasteiger partial charge in [-0.15, -0.1) is 0 Å². The van der Waals surface area contributed by atoms with Gasteiger partial charge in [0, 0.05) is 31.4 Å². The fourth-order valence-corrected chi connectivity index (χ4v) is 1.98. The average molecular weight is 250 g/mol. The summed E-state index contributed by atoms with van der Waals surface area (Å²) in [5.41, 5.74) is 1.63. The minimum Gasteiger partial charge on any atom is -0.394 e. The Hall–Kier alpha value is -1.59. The average Bonchev–Trinajstić information content (AvgIpc) is 2.46. The van der Waals surface area contributed by atoms with Gasteiger partial charge in [-0.2, -0.15) is 0 Å². The minimum atomic E-state index is -0.265. The summed E-state index contributed by atoms with van der Waals surface area (Å²) in [6.07, 6.45) is -0.265. The number of benzene rings is 1. The van der Waals surface area contributed by atoms with E-state index in [1.54, 1.807) is 17.0 Å². The molecule has 1 aliphatic heterocycles. The van der Waals surface area contributed by atoms with Gasteiger partial charge in [-0.3, -0.25) is 4.79 Å². The topological polar surface area (TPSA) is 61.8 Å². The number of morpholine rings is 1. The van der Waals surface area contributed by atoms with E-state index in [4.69, 9.17) is 9.84 Å². The molecule has 1 aromatic rings. The van der Waals surface area contributed by atoms with E-state index in [2.05, 4.69) is 5.32 Å². The molecule has 5 heteroatoms. The number of rotatable bonds is 3. The molecule has 0 aliphatic carbocycles. The van der Waals surface area contributed by atoms with Gasteiger partial charge in [-0.05, 0) is 24.3 Å². The van der Waals surface area contributed by atoms with Crippen LogP contribution in [0.3, 0.4) is 0 Å². The van der Waals surface area contributed by atoms with Crippen LogP contribution in [0.2, 0.25) is 0 Å². The molecule has 1 saturated heterocycles. The van der Waals surface area contributed by atoms with Crippen LogP contribution in [0, 0.1) is 0 Å². The molecule has 0 radical (unpaired) electrons. The molecule has 1 fully saturated rings. The Balaban J connectivity index is 2.05. The molecular weight excluding hydrogens is 232 g/mol. The van der Waals surface area contributed by atoms with E-state index in [1.807, 2.05) is 19.2 Å². The largest absolute Gasteiger partial charge is 0.394 e. The van der Waals surface area contributed by atoms with Crippen LogP contribution in [-0.2, 0) is 4.74 Å². The second-order valence-electron chi connectivity index (χ2n) is 4.25. The minimum absolute atomic E-state index is 0.0144. The zero-order valence-corrected chi connectivity index (χ0v) is 10.4. The summed E-state index contributed by atoms with van der Waals surface area (Å²) in [4.78, 5) is 14.0. The van der Waals surface area contributed by atoms with Crippen molar-refractivity contribution in [1.29, 1.82) is 0 Å². The molecule has 0 saturated carbocycles. The van der Waals surface area contributed by atoms with Crippen LogP contribution in [-0.4, -0.2) is 55.4 Å². The fraction of sp³-hybridized carbons (Fsp3) is 0.462. The van der Waals surface area contributed by atoms with Gasteiger partial charge in [-0.1, -0.05) is 0 Å². The summed E-state index contributed by atoms with van der Waals surface area (Å²) in [5, 5.41) is 12.1. The number of carbonyl (C=O) groups is 1. The van der Waals surface area contributed by atoms with E-state index >= 15 is 0 Å². The van der Waals surface area contributed by atoms with Gasteiger partial charge < -0.3 is 20.1 Å². The van der Waals surface area contributed by atoms with Crippen molar-refractivity contribution >= 4 is 11.6 Å². The second-order valence-corrected chi connectivity index (χ2v) is 4.25. The second kappa shape index (κ2) is 5.84. The van der Waals surface area contributed by atoms with Gasteiger partial charge >= 0.3 is 0 Å². The van der Waals surface area contributed by atoms with Crippen LogP contribution in [0.4, 0.5) is 5.69 Å². The molecule has 2 rings (SSSR count). The number of anilines is 1.